The molecule has 1 fully saturated rings. The monoisotopic (exact) mass is 410 g/mol. The van der Waals surface area contributed by atoms with E-state index in [1.165, 1.54) is 0 Å². The third kappa shape index (κ3) is 3.97. The molecule has 4 rings (SSSR count). The molecule has 0 bridgehead atoms. The van der Waals surface area contributed by atoms with Gasteiger partial charge in [-0.1, -0.05) is 24.3 Å². The van der Waals surface area contributed by atoms with Crippen LogP contribution in [0.15, 0.2) is 47.4 Å². The number of amides is 3. The highest BCUT2D eigenvalue weighted by atomic mass is 32.2. The van der Waals surface area contributed by atoms with Gasteiger partial charge in [-0.05, 0) is 54.1 Å². The third-order valence-corrected chi connectivity index (χ3v) is 5.49. The summed E-state index contributed by atoms with van der Waals surface area (Å²) in [5.74, 6) is 0.658. The highest BCUT2D eigenvalue weighted by Gasteiger charge is 2.34. The zero-order valence-electron chi connectivity index (χ0n) is 15.6. The Morgan fingerprint density at radius 1 is 1.17 bits per heavy atom. The predicted octanol–water partition coefficient (Wildman–Crippen LogP) is 3.19. The van der Waals surface area contributed by atoms with E-state index in [1.807, 2.05) is 19.1 Å². The van der Waals surface area contributed by atoms with E-state index in [9.17, 15) is 14.4 Å². The van der Waals surface area contributed by atoms with E-state index >= 15 is 0 Å². The summed E-state index contributed by atoms with van der Waals surface area (Å²) in [5, 5.41) is 2.40. The Morgan fingerprint density at radius 2 is 1.97 bits per heavy atom. The summed E-state index contributed by atoms with van der Waals surface area (Å²) in [6.07, 6.45) is 1.65. The molecular formula is C21H18N2O5S. The number of carbonyl (C=O) groups excluding carboxylic acids is 3. The van der Waals surface area contributed by atoms with Gasteiger partial charge in [-0.15, -0.1) is 0 Å². The minimum absolute atomic E-state index is 0.112. The number of nitrogens with one attached hydrogen (secondary N) is 1. The summed E-state index contributed by atoms with van der Waals surface area (Å²) >= 11 is 0.881. The molecule has 1 N–H and O–H groups in total. The van der Waals surface area contributed by atoms with E-state index in [2.05, 4.69) is 5.32 Å². The lowest BCUT2D eigenvalue weighted by molar-refractivity contribution is -0.122. The zero-order chi connectivity index (χ0) is 20.4. The first kappa shape index (κ1) is 19.1. The van der Waals surface area contributed by atoms with Crippen molar-refractivity contribution in [1.82, 2.24) is 10.2 Å². The van der Waals surface area contributed by atoms with Crippen LogP contribution in [0.5, 0.6) is 11.5 Å². The molecule has 0 atom stereocenters. The van der Waals surface area contributed by atoms with Gasteiger partial charge in [0.15, 0.2) is 11.5 Å². The molecule has 2 aromatic carbocycles. The maximum atomic E-state index is 12.6. The van der Waals surface area contributed by atoms with Crippen molar-refractivity contribution in [3.8, 4) is 11.5 Å². The number of thioether (sulfide) groups is 1. The van der Waals surface area contributed by atoms with Crippen LogP contribution in [0.25, 0.3) is 6.08 Å². The maximum Gasteiger partial charge on any atom is 0.293 e. The molecule has 0 aliphatic carbocycles. The van der Waals surface area contributed by atoms with Crippen LogP contribution < -0.4 is 14.8 Å². The van der Waals surface area contributed by atoms with Gasteiger partial charge < -0.3 is 14.8 Å². The van der Waals surface area contributed by atoms with Gasteiger partial charge in [0.05, 0.1) is 4.91 Å². The average Bonchev–Trinajstić information content (AvgIpc) is 3.27. The zero-order valence-corrected chi connectivity index (χ0v) is 16.5. The molecule has 29 heavy (non-hydrogen) atoms. The van der Waals surface area contributed by atoms with Crippen LogP contribution >= 0.6 is 11.8 Å². The minimum Gasteiger partial charge on any atom is -0.454 e. The number of hydrogen-bond donors (Lipinski definition) is 1. The topological polar surface area (TPSA) is 84.9 Å². The fraction of sp³-hybridized carbons (Fsp3) is 0.190. The second kappa shape index (κ2) is 8.00. The van der Waals surface area contributed by atoms with Gasteiger partial charge in [0.1, 0.15) is 0 Å². The molecule has 2 aliphatic rings. The molecule has 2 aliphatic heterocycles. The number of ether oxygens (including phenoxy) is 2. The number of rotatable bonds is 5. The van der Waals surface area contributed by atoms with E-state index in [0.29, 0.717) is 22.0 Å². The van der Waals surface area contributed by atoms with Crippen LogP contribution in [-0.4, -0.2) is 41.8 Å². The fourth-order valence-corrected chi connectivity index (χ4v) is 3.92. The smallest absolute Gasteiger partial charge is 0.293 e. The van der Waals surface area contributed by atoms with Crippen molar-refractivity contribution in [1.29, 1.82) is 0 Å². The van der Waals surface area contributed by atoms with Crippen LogP contribution in [0.2, 0.25) is 0 Å². The lowest BCUT2D eigenvalue weighted by Gasteiger charge is -2.13. The highest BCUT2D eigenvalue weighted by Crippen LogP contribution is 2.36. The highest BCUT2D eigenvalue weighted by molar-refractivity contribution is 8.18. The number of imide groups is 1. The summed E-state index contributed by atoms with van der Waals surface area (Å²) in [5.41, 5.74) is 2.18. The Balaban J connectivity index is 1.38. The average molecular weight is 410 g/mol. The Morgan fingerprint density at radius 3 is 2.79 bits per heavy atom. The molecule has 0 radical (unpaired) electrons. The third-order valence-electron chi connectivity index (χ3n) is 4.58. The SMILES string of the molecule is Cc1ccccc1C(=O)NCCN1C(=O)SC(=Cc2ccc3c(c2)OCO3)C1=O. The Bertz CT molecular complexity index is 1030. The van der Waals surface area contributed by atoms with Crippen molar-refractivity contribution in [2.75, 3.05) is 19.9 Å². The van der Waals surface area contributed by atoms with Crippen molar-refractivity contribution in [3.63, 3.8) is 0 Å². The van der Waals surface area contributed by atoms with Crippen LogP contribution in [0.3, 0.4) is 0 Å². The second-order valence-electron chi connectivity index (χ2n) is 6.52. The molecule has 1 saturated heterocycles. The van der Waals surface area contributed by atoms with E-state index in [1.54, 1.807) is 36.4 Å². The Kier molecular flexibility index (Phi) is 5.26. The standard InChI is InChI=1S/C21H18N2O5S/c1-13-4-2-3-5-15(13)19(24)22-8-9-23-20(25)18(29-21(23)26)11-14-6-7-16-17(10-14)28-12-27-16/h2-7,10-11H,8-9,12H2,1H3,(H,22,24). The summed E-state index contributed by atoms with van der Waals surface area (Å²) in [4.78, 5) is 38.6. The van der Waals surface area contributed by atoms with Crippen molar-refractivity contribution in [3.05, 3.63) is 64.1 Å². The number of hydrogen-bond acceptors (Lipinski definition) is 6. The molecule has 0 saturated carbocycles. The van der Waals surface area contributed by atoms with Crippen molar-refractivity contribution in [2.24, 2.45) is 0 Å². The van der Waals surface area contributed by atoms with Gasteiger partial charge in [0, 0.05) is 18.7 Å². The Labute approximate surface area is 171 Å². The molecule has 2 aromatic rings. The number of nitrogens with zero attached hydrogens (tertiary/aromatic N) is 1. The van der Waals surface area contributed by atoms with Gasteiger partial charge in [-0.3, -0.25) is 19.3 Å². The van der Waals surface area contributed by atoms with Crippen LogP contribution in [0, 0.1) is 6.92 Å². The maximum absolute atomic E-state index is 12.6. The minimum atomic E-state index is -0.372. The first-order chi connectivity index (χ1) is 14.0. The molecule has 0 spiro atoms. The van der Waals surface area contributed by atoms with Gasteiger partial charge in [0.2, 0.25) is 6.79 Å². The first-order valence-electron chi connectivity index (χ1n) is 9.02. The number of fused-ring (bicyclic) bond motifs is 1. The van der Waals surface area contributed by atoms with Crippen molar-refractivity contribution < 1.29 is 23.9 Å². The van der Waals surface area contributed by atoms with E-state index in [0.717, 1.165) is 27.8 Å². The Hall–Kier alpha value is -3.26. The van der Waals surface area contributed by atoms with Gasteiger partial charge in [0.25, 0.3) is 17.1 Å². The number of carbonyl (C=O) groups is 3. The quantitative estimate of drug-likeness (QED) is 0.762. The van der Waals surface area contributed by atoms with E-state index in [-0.39, 0.29) is 36.9 Å². The summed E-state index contributed by atoms with van der Waals surface area (Å²) in [6, 6.07) is 12.6. The summed E-state index contributed by atoms with van der Waals surface area (Å²) in [6.45, 7) is 2.32. The lowest BCUT2D eigenvalue weighted by Crippen LogP contribution is -2.37. The second-order valence-corrected chi connectivity index (χ2v) is 7.51. The largest absolute Gasteiger partial charge is 0.454 e. The van der Waals surface area contributed by atoms with Crippen LogP contribution in [0.4, 0.5) is 4.79 Å². The molecule has 7 nitrogen and oxygen atoms in total. The molecule has 0 unspecified atom stereocenters. The molecular weight excluding hydrogens is 392 g/mol. The van der Waals surface area contributed by atoms with Gasteiger partial charge in [-0.2, -0.15) is 0 Å². The fourth-order valence-electron chi connectivity index (χ4n) is 3.05. The van der Waals surface area contributed by atoms with Crippen LogP contribution in [0.1, 0.15) is 21.5 Å². The van der Waals surface area contributed by atoms with Crippen molar-refractivity contribution in [2.45, 2.75) is 6.92 Å². The van der Waals surface area contributed by atoms with Gasteiger partial charge >= 0.3 is 0 Å². The molecule has 3 amide bonds. The van der Waals surface area contributed by atoms with E-state index < -0.39 is 0 Å². The summed E-state index contributed by atoms with van der Waals surface area (Å²) < 4.78 is 10.6. The van der Waals surface area contributed by atoms with Crippen molar-refractivity contribution >= 4 is 34.9 Å². The van der Waals surface area contributed by atoms with Gasteiger partial charge in [-0.25, -0.2) is 0 Å². The van der Waals surface area contributed by atoms with Crippen LogP contribution in [-0.2, 0) is 4.79 Å². The predicted molar refractivity (Wildman–Crippen MR) is 109 cm³/mol. The number of aryl methyl sites for hydroxylation is 1. The normalized spacial score (nSPS) is 16.6. The lowest BCUT2D eigenvalue weighted by atomic mass is 10.1. The first-order valence-corrected chi connectivity index (χ1v) is 9.83. The molecule has 0 aromatic heterocycles. The summed E-state index contributed by atoms with van der Waals surface area (Å²) in [7, 11) is 0. The number of benzene rings is 2. The molecule has 148 valence electrons. The molecule has 2 heterocycles. The van der Waals surface area contributed by atoms with E-state index in [4.69, 9.17) is 9.47 Å². The molecule has 8 heteroatoms.